The van der Waals surface area contributed by atoms with Crippen LogP contribution in [0, 0.1) is 11.8 Å². The van der Waals surface area contributed by atoms with Crippen LogP contribution in [0.4, 0.5) is 0 Å². The maximum atomic E-state index is 15.0. The summed E-state index contributed by atoms with van der Waals surface area (Å²) in [6.07, 6.45) is 3.38. The third kappa shape index (κ3) is 11.3. The third-order valence-corrected chi connectivity index (χ3v) is 13.5. The minimum absolute atomic E-state index is 0.110. The number of thiazole rings is 1. The summed E-state index contributed by atoms with van der Waals surface area (Å²) in [6.45, 7) is 10.4. The van der Waals surface area contributed by atoms with Gasteiger partial charge in [0, 0.05) is 37.4 Å². The number of hydrogen-bond acceptors (Lipinski definition) is 9. The lowest BCUT2D eigenvalue weighted by Crippen LogP contribution is -2.58. The Morgan fingerprint density at radius 3 is 2.32 bits per heavy atom. The molecule has 3 N–H and O–H groups in total. The topological polar surface area (TPSA) is 158 Å². The van der Waals surface area contributed by atoms with Crippen molar-refractivity contribution in [2.24, 2.45) is 11.8 Å². The Morgan fingerprint density at radius 1 is 0.968 bits per heavy atom. The summed E-state index contributed by atoms with van der Waals surface area (Å²) in [5, 5.41) is 18.5. The fraction of sp³-hybridized carbons (Fsp3) is 0.469. The number of ether oxygens (including phenoxy) is 1. The largest absolute Gasteiger partial charge is 0.481 e. The number of nitrogens with one attached hydrogen (secondary N) is 2. The predicted molar refractivity (Wildman–Crippen MR) is 240 cm³/mol. The van der Waals surface area contributed by atoms with Gasteiger partial charge in [-0.1, -0.05) is 119 Å². The van der Waals surface area contributed by atoms with Crippen LogP contribution in [-0.2, 0) is 36.9 Å². The highest BCUT2D eigenvalue weighted by Gasteiger charge is 2.39. The molecule has 2 heterocycles. The number of benzene rings is 3. The van der Waals surface area contributed by atoms with E-state index in [0.29, 0.717) is 17.8 Å². The number of rotatable bonds is 17. The van der Waals surface area contributed by atoms with Crippen LogP contribution in [0.15, 0.2) is 84.2 Å². The highest BCUT2D eigenvalue weighted by Crippen LogP contribution is 2.36. The average molecular weight is 864 g/mol. The van der Waals surface area contributed by atoms with Crippen LogP contribution < -0.4 is 10.6 Å². The first kappa shape index (κ1) is 46.1. The summed E-state index contributed by atoms with van der Waals surface area (Å²) >= 11 is 1.19. The van der Waals surface area contributed by atoms with Crippen molar-refractivity contribution < 1.29 is 33.8 Å². The molecule has 330 valence electrons. The van der Waals surface area contributed by atoms with Crippen molar-refractivity contribution in [2.45, 2.75) is 122 Å². The SMILES string of the molecule is CCC(C)C(NC(=O)C1CCCCN1C)C(=O)N(Cc1ccccc1)[C@H](C[C@@H](OC(C)=O)c1nc(C(=O)N[C@H]2Cc3ccc(-c4ccccc4)cc3[C@H](C(=O)O)C2)cs1)C(C)C. The number of carboxylic acids is 1. The molecule has 1 saturated heterocycles. The van der Waals surface area contributed by atoms with Crippen LogP contribution in [0.5, 0.6) is 0 Å². The molecule has 1 aliphatic heterocycles. The Morgan fingerprint density at radius 2 is 1.68 bits per heavy atom. The van der Waals surface area contributed by atoms with Crippen LogP contribution in [0.25, 0.3) is 11.1 Å². The van der Waals surface area contributed by atoms with E-state index in [-0.39, 0.29) is 54.8 Å². The molecule has 1 aromatic heterocycles. The minimum Gasteiger partial charge on any atom is -0.481 e. The quantitative estimate of drug-likeness (QED) is 0.0902. The Kier molecular flexibility index (Phi) is 15.7. The van der Waals surface area contributed by atoms with Gasteiger partial charge in [0.25, 0.3) is 5.91 Å². The monoisotopic (exact) mass is 863 g/mol. The van der Waals surface area contributed by atoms with E-state index in [9.17, 15) is 24.3 Å². The van der Waals surface area contributed by atoms with Crippen LogP contribution >= 0.6 is 11.3 Å². The van der Waals surface area contributed by atoms with Gasteiger partial charge in [0.05, 0.1) is 12.0 Å². The molecule has 3 amide bonds. The van der Waals surface area contributed by atoms with Gasteiger partial charge in [0.1, 0.15) is 16.7 Å². The third-order valence-electron chi connectivity index (χ3n) is 12.5. The van der Waals surface area contributed by atoms with E-state index in [1.807, 2.05) is 119 Å². The zero-order valence-corrected chi connectivity index (χ0v) is 37.5. The van der Waals surface area contributed by atoms with Crippen LogP contribution in [0.2, 0.25) is 0 Å². The van der Waals surface area contributed by atoms with Gasteiger partial charge >= 0.3 is 11.9 Å². The number of esters is 1. The van der Waals surface area contributed by atoms with E-state index in [1.165, 1.54) is 18.3 Å². The average Bonchev–Trinajstić information content (AvgIpc) is 3.77. The van der Waals surface area contributed by atoms with Crippen molar-refractivity contribution in [3.8, 4) is 11.1 Å². The first-order valence-electron chi connectivity index (χ1n) is 21.9. The van der Waals surface area contributed by atoms with Crippen LogP contribution in [0.3, 0.4) is 0 Å². The predicted octanol–water partition coefficient (Wildman–Crippen LogP) is 7.79. The number of amides is 3. The second kappa shape index (κ2) is 21.1. The lowest BCUT2D eigenvalue weighted by Gasteiger charge is -2.40. The van der Waals surface area contributed by atoms with E-state index in [2.05, 4.69) is 15.5 Å². The van der Waals surface area contributed by atoms with E-state index in [0.717, 1.165) is 53.6 Å². The molecular weight excluding hydrogens is 803 g/mol. The molecule has 0 saturated carbocycles. The summed E-state index contributed by atoms with van der Waals surface area (Å²) in [5.41, 5.74) is 4.60. The van der Waals surface area contributed by atoms with Gasteiger partial charge in [-0.3, -0.25) is 28.9 Å². The summed E-state index contributed by atoms with van der Waals surface area (Å²) in [6, 6.07) is 23.4. The molecule has 62 heavy (non-hydrogen) atoms. The minimum atomic E-state index is -0.954. The van der Waals surface area contributed by atoms with Crippen molar-refractivity contribution in [1.29, 1.82) is 0 Å². The first-order valence-corrected chi connectivity index (χ1v) is 22.8. The maximum absolute atomic E-state index is 15.0. The van der Waals surface area contributed by atoms with Gasteiger partial charge in [-0.2, -0.15) is 0 Å². The number of aromatic nitrogens is 1. The Hall–Kier alpha value is -5.40. The first-order chi connectivity index (χ1) is 29.7. The van der Waals surface area contributed by atoms with Crippen molar-refractivity contribution >= 4 is 41.0 Å². The molecule has 3 unspecified atom stereocenters. The molecule has 0 bridgehead atoms. The van der Waals surface area contributed by atoms with Gasteiger partial charge in [-0.05, 0) is 78.9 Å². The Balaban J connectivity index is 1.23. The molecular formula is C49H61N5O7S. The fourth-order valence-corrected chi connectivity index (χ4v) is 9.69. The summed E-state index contributed by atoms with van der Waals surface area (Å²) in [5.74, 6) is -3.37. The maximum Gasteiger partial charge on any atom is 0.311 e. The molecule has 6 rings (SSSR count). The lowest BCUT2D eigenvalue weighted by molar-refractivity contribution is -0.150. The normalized spacial score (nSPS) is 19.6. The Labute approximate surface area is 369 Å². The molecule has 1 aliphatic carbocycles. The number of carbonyl (C=O) groups excluding carboxylic acids is 4. The van der Waals surface area contributed by atoms with Crippen molar-refractivity contribution in [1.82, 2.24) is 25.4 Å². The van der Waals surface area contributed by atoms with Gasteiger partial charge in [0.2, 0.25) is 11.8 Å². The van der Waals surface area contributed by atoms with E-state index >= 15 is 4.79 Å². The second-order valence-corrected chi connectivity index (χ2v) is 18.2. The molecule has 0 radical (unpaired) electrons. The molecule has 3 aromatic carbocycles. The van der Waals surface area contributed by atoms with Crippen molar-refractivity contribution in [3.05, 3.63) is 112 Å². The number of likely N-dealkylation sites (tertiary alicyclic amines) is 1. The zero-order valence-electron chi connectivity index (χ0n) is 36.7. The second-order valence-electron chi connectivity index (χ2n) is 17.3. The van der Waals surface area contributed by atoms with E-state index in [4.69, 9.17) is 9.72 Å². The summed E-state index contributed by atoms with van der Waals surface area (Å²) in [7, 11) is 1.95. The van der Waals surface area contributed by atoms with Crippen molar-refractivity contribution in [2.75, 3.05) is 13.6 Å². The highest BCUT2D eigenvalue weighted by atomic mass is 32.1. The zero-order chi connectivity index (χ0) is 44.5. The van der Waals surface area contributed by atoms with Gasteiger partial charge in [0.15, 0.2) is 6.10 Å². The molecule has 2 aliphatic rings. The smallest absolute Gasteiger partial charge is 0.311 e. The number of fused-ring (bicyclic) bond motifs is 1. The van der Waals surface area contributed by atoms with E-state index < -0.39 is 48.0 Å². The molecule has 12 nitrogen and oxygen atoms in total. The number of aliphatic carboxylic acids is 1. The number of hydrogen-bond donors (Lipinski definition) is 3. The lowest BCUT2D eigenvalue weighted by atomic mass is 9.79. The van der Waals surface area contributed by atoms with Crippen LogP contribution in [0.1, 0.15) is 117 Å². The fourth-order valence-electron chi connectivity index (χ4n) is 8.85. The summed E-state index contributed by atoms with van der Waals surface area (Å²) < 4.78 is 5.94. The molecule has 7 atom stereocenters. The van der Waals surface area contributed by atoms with Crippen molar-refractivity contribution in [3.63, 3.8) is 0 Å². The van der Waals surface area contributed by atoms with Gasteiger partial charge < -0.3 is 25.4 Å². The molecule has 1 fully saturated rings. The van der Waals surface area contributed by atoms with E-state index in [1.54, 1.807) is 5.38 Å². The standard InChI is InChI=1S/C49H61N5O7S/c1-7-31(4)44(52-46(57)41-20-14-15-23-53(41)6)48(58)54(28-33-16-10-8-11-17-33)42(30(2)3)27-43(61-32(5)55)47-51-40(29-62-47)45(56)50-37-24-36-22-21-35(34-18-12-9-13-19-34)25-38(36)39(26-37)49(59)60/h8-13,16-19,21-22,25,29-31,37,39,41-44H,7,14-15,20,23-24,26-28H2,1-6H3,(H,50,56)(H,52,57)(H,59,60)/t31?,37-,39+,41?,42+,43+,44?/m0/s1. The molecule has 13 heteroatoms. The van der Waals surface area contributed by atoms with Crippen LogP contribution in [-0.4, -0.2) is 87.3 Å². The Bertz CT molecular complexity index is 2180. The number of carboxylic acid groups (broad SMARTS) is 1. The number of likely N-dealkylation sites (N-methyl/N-ethyl adjacent to an activating group) is 1. The summed E-state index contributed by atoms with van der Waals surface area (Å²) in [4.78, 5) is 76.5. The molecule has 0 spiro atoms. The van der Waals surface area contributed by atoms with Gasteiger partial charge in [-0.15, -0.1) is 11.3 Å². The van der Waals surface area contributed by atoms with Gasteiger partial charge in [-0.25, -0.2) is 4.98 Å². The highest BCUT2D eigenvalue weighted by molar-refractivity contribution is 7.09. The molecule has 4 aromatic rings. The number of carbonyl (C=O) groups is 5. The number of nitrogens with zero attached hydrogens (tertiary/aromatic N) is 3. The number of piperidine rings is 1.